The summed E-state index contributed by atoms with van der Waals surface area (Å²) < 4.78 is 5.56. The van der Waals surface area contributed by atoms with Crippen LogP contribution in [-0.2, 0) is 0 Å². The molecule has 1 aromatic rings. The van der Waals surface area contributed by atoms with Gasteiger partial charge in [-0.2, -0.15) is 4.98 Å². The summed E-state index contributed by atoms with van der Waals surface area (Å²) in [6, 6.07) is 3.57. The topological polar surface area (TPSA) is 80.4 Å². The van der Waals surface area contributed by atoms with Gasteiger partial charge in [-0.3, -0.25) is 0 Å². The lowest BCUT2D eigenvalue weighted by Gasteiger charge is -2.31. The minimum Gasteiger partial charge on any atom is -0.473 e. The summed E-state index contributed by atoms with van der Waals surface area (Å²) in [6.07, 6.45) is 1.64. The Labute approximate surface area is 115 Å². The Morgan fingerprint density at radius 3 is 2.47 bits per heavy atom. The first kappa shape index (κ1) is 15.6. The molecule has 5 nitrogen and oxygen atoms in total. The molecule has 0 amide bonds. The highest BCUT2D eigenvalue weighted by molar-refractivity contribution is 5.54. The van der Waals surface area contributed by atoms with E-state index in [1.54, 1.807) is 12.1 Å². The van der Waals surface area contributed by atoms with Gasteiger partial charge in [0.05, 0.1) is 23.9 Å². The standard InChI is InChI=1S/C14H25N3O2/c1-5-14(6-2,9-18)17-12-8-7-11(15)13(16-12)19-10(3)4/h7-8,10,18H,5-6,9,15H2,1-4H3,(H,16,17). The first-order valence-corrected chi connectivity index (χ1v) is 6.78. The van der Waals surface area contributed by atoms with E-state index < -0.39 is 0 Å². The monoisotopic (exact) mass is 267 g/mol. The smallest absolute Gasteiger partial charge is 0.239 e. The zero-order valence-electron chi connectivity index (χ0n) is 12.2. The molecule has 4 N–H and O–H groups in total. The number of anilines is 2. The van der Waals surface area contributed by atoms with Crippen LogP contribution in [0.2, 0.25) is 0 Å². The maximum absolute atomic E-state index is 9.56. The van der Waals surface area contributed by atoms with Crippen molar-refractivity contribution in [3.05, 3.63) is 12.1 Å². The molecule has 1 heterocycles. The molecule has 0 aromatic carbocycles. The Kier molecular flexibility index (Phi) is 5.42. The maximum Gasteiger partial charge on any atom is 0.239 e. The Balaban J connectivity index is 2.95. The van der Waals surface area contributed by atoms with Crippen LogP contribution in [0.5, 0.6) is 5.88 Å². The van der Waals surface area contributed by atoms with Gasteiger partial charge in [0.1, 0.15) is 5.82 Å². The van der Waals surface area contributed by atoms with Crippen molar-refractivity contribution in [2.75, 3.05) is 17.7 Å². The highest BCUT2D eigenvalue weighted by Crippen LogP contribution is 2.26. The molecule has 0 radical (unpaired) electrons. The average Bonchev–Trinajstić information content (AvgIpc) is 2.39. The fourth-order valence-electron chi connectivity index (χ4n) is 1.80. The van der Waals surface area contributed by atoms with Gasteiger partial charge in [-0.1, -0.05) is 13.8 Å². The van der Waals surface area contributed by atoms with E-state index in [0.29, 0.717) is 17.4 Å². The molecule has 0 atom stereocenters. The molecule has 0 aliphatic rings. The lowest BCUT2D eigenvalue weighted by molar-refractivity contribution is 0.201. The second-order valence-corrected chi connectivity index (χ2v) is 5.03. The van der Waals surface area contributed by atoms with Gasteiger partial charge in [-0.15, -0.1) is 0 Å². The van der Waals surface area contributed by atoms with E-state index in [-0.39, 0.29) is 18.2 Å². The second-order valence-electron chi connectivity index (χ2n) is 5.03. The van der Waals surface area contributed by atoms with Crippen LogP contribution in [0.25, 0.3) is 0 Å². The number of rotatable bonds is 7. The van der Waals surface area contributed by atoms with E-state index in [1.165, 1.54) is 0 Å². The number of nitrogens with one attached hydrogen (secondary N) is 1. The molecule has 1 aromatic heterocycles. The zero-order chi connectivity index (χ0) is 14.5. The highest BCUT2D eigenvalue weighted by atomic mass is 16.5. The summed E-state index contributed by atoms with van der Waals surface area (Å²) in [5.41, 5.74) is 6.00. The largest absolute Gasteiger partial charge is 0.473 e. The SMILES string of the molecule is CCC(CC)(CO)Nc1ccc(N)c(OC(C)C)n1. The van der Waals surface area contributed by atoms with Crippen molar-refractivity contribution in [3.8, 4) is 5.88 Å². The summed E-state index contributed by atoms with van der Waals surface area (Å²) in [7, 11) is 0. The van der Waals surface area contributed by atoms with Crippen molar-refractivity contribution in [1.29, 1.82) is 0 Å². The lowest BCUT2D eigenvalue weighted by Crippen LogP contribution is -2.41. The quantitative estimate of drug-likeness (QED) is 0.707. The Morgan fingerprint density at radius 1 is 1.37 bits per heavy atom. The molecule has 0 bridgehead atoms. The number of hydrogen-bond acceptors (Lipinski definition) is 5. The highest BCUT2D eigenvalue weighted by Gasteiger charge is 2.25. The molecule has 0 saturated heterocycles. The number of aliphatic hydroxyl groups excluding tert-OH is 1. The summed E-state index contributed by atoms with van der Waals surface area (Å²) in [6.45, 7) is 7.99. The van der Waals surface area contributed by atoms with Crippen LogP contribution in [0.4, 0.5) is 11.5 Å². The molecule has 108 valence electrons. The molecule has 0 aliphatic heterocycles. The van der Waals surface area contributed by atoms with Gasteiger partial charge in [0.15, 0.2) is 0 Å². The number of nitrogens with zero attached hydrogens (tertiary/aromatic N) is 1. The Bertz CT molecular complexity index is 395. The molecule has 5 heteroatoms. The summed E-state index contributed by atoms with van der Waals surface area (Å²) in [5.74, 6) is 1.10. The first-order chi connectivity index (χ1) is 8.96. The van der Waals surface area contributed by atoms with E-state index >= 15 is 0 Å². The molecule has 1 rings (SSSR count). The predicted molar refractivity (Wildman–Crippen MR) is 78.4 cm³/mol. The van der Waals surface area contributed by atoms with Crippen LogP contribution in [0.3, 0.4) is 0 Å². The van der Waals surface area contributed by atoms with E-state index in [2.05, 4.69) is 10.3 Å². The van der Waals surface area contributed by atoms with Crippen LogP contribution in [0.1, 0.15) is 40.5 Å². The van der Waals surface area contributed by atoms with E-state index in [1.807, 2.05) is 27.7 Å². The summed E-state index contributed by atoms with van der Waals surface area (Å²) in [4.78, 5) is 4.37. The molecule has 0 aliphatic carbocycles. The molecular formula is C14H25N3O2. The van der Waals surface area contributed by atoms with Crippen LogP contribution in [0, 0.1) is 0 Å². The lowest BCUT2D eigenvalue weighted by atomic mass is 9.94. The molecule has 0 saturated carbocycles. The molecule has 0 spiro atoms. The number of nitrogens with two attached hydrogens (primary N) is 1. The molecule has 19 heavy (non-hydrogen) atoms. The van der Waals surface area contributed by atoms with Gasteiger partial charge in [0, 0.05) is 0 Å². The van der Waals surface area contributed by atoms with Crippen molar-refractivity contribution >= 4 is 11.5 Å². The Hall–Kier alpha value is -1.49. The fraction of sp³-hybridized carbons (Fsp3) is 0.643. The maximum atomic E-state index is 9.56. The normalized spacial score (nSPS) is 11.7. The van der Waals surface area contributed by atoms with Crippen molar-refractivity contribution in [2.24, 2.45) is 0 Å². The van der Waals surface area contributed by atoms with Gasteiger partial charge in [-0.25, -0.2) is 0 Å². The number of aliphatic hydroxyl groups is 1. The van der Waals surface area contributed by atoms with E-state index in [0.717, 1.165) is 12.8 Å². The predicted octanol–water partition coefficient (Wildman–Crippen LogP) is 2.41. The minimum atomic E-state index is -0.349. The zero-order valence-corrected chi connectivity index (χ0v) is 12.2. The number of nitrogen functional groups attached to an aromatic ring is 1. The van der Waals surface area contributed by atoms with Crippen molar-refractivity contribution in [3.63, 3.8) is 0 Å². The van der Waals surface area contributed by atoms with Gasteiger partial charge >= 0.3 is 0 Å². The van der Waals surface area contributed by atoms with Gasteiger partial charge in [-0.05, 0) is 38.8 Å². The van der Waals surface area contributed by atoms with E-state index in [9.17, 15) is 5.11 Å². The summed E-state index contributed by atoms with van der Waals surface area (Å²) >= 11 is 0. The number of pyridine rings is 1. The molecule has 0 fully saturated rings. The van der Waals surface area contributed by atoms with Crippen LogP contribution in [0.15, 0.2) is 12.1 Å². The third-order valence-corrected chi connectivity index (χ3v) is 3.29. The number of hydrogen-bond donors (Lipinski definition) is 3. The minimum absolute atomic E-state index is 0.0185. The summed E-state index contributed by atoms with van der Waals surface area (Å²) in [5, 5.41) is 12.8. The van der Waals surface area contributed by atoms with Crippen LogP contribution < -0.4 is 15.8 Å². The molecular weight excluding hydrogens is 242 g/mol. The Morgan fingerprint density at radius 2 is 2.00 bits per heavy atom. The molecule has 0 unspecified atom stereocenters. The van der Waals surface area contributed by atoms with Gasteiger partial charge in [0.2, 0.25) is 5.88 Å². The van der Waals surface area contributed by atoms with Crippen LogP contribution in [-0.4, -0.2) is 28.3 Å². The van der Waals surface area contributed by atoms with Gasteiger partial charge in [0.25, 0.3) is 0 Å². The number of ether oxygens (including phenoxy) is 1. The van der Waals surface area contributed by atoms with Crippen molar-refractivity contribution in [2.45, 2.75) is 52.2 Å². The number of aromatic nitrogens is 1. The van der Waals surface area contributed by atoms with Crippen molar-refractivity contribution in [1.82, 2.24) is 4.98 Å². The first-order valence-electron chi connectivity index (χ1n) is 6.78. The third-order valence-electron chi connectivity index (χ3n) is 3.29. The fourth-order valence-corrected chi connectivity index (χ4v) is 1.80. The van der Waals surface area contributed by atoms with E-state index in [4.69, 9.17) is 10.5 Å². The van der Waals surface area contributed by atoms with Gasteiger partial charge < -0.3 is 20.9 Å². The van der Waals surface area contributed by atoms with Crippen LogP contribution >= 0.6 is 0 Å². The van der Waals surface area contributed by atoms with Crippen molar-refractivity contribution < 1.29 is 9.84 Å². The average molecular weight is 267 g/mol. The second kappa shape index (κ2) is 6.61. The third kappa shape index (κ3) is 3.99.